The molecule has 2 heterocycles. The lowest BCUT2D eigenvalue weighted by atomic mass is 10.0. The summed E-state index contributed by atoms with van der Waals surface area (Å²) in [5.74, 6) is -2.20. The fourth-order valence-electron chi connectivity index (χ4n) is 7.42. The van der Waals surface area contributed by atoms with E-state index >= 15 is 0 Å². The van der Waals surface area contributed by atoms with Crippen molar-refractivity contribution in [2.24, 2.45) is 11.1 Å². The van der Waals surface area contributed by atoms with Crippen molar-refractivity contribution < 1.29 is 37.2 Å². The minimum absolute atomic E-state index is 0.0308. The van der Waals surface area contributed by atoms with Gasteiger partial charge in [-0.1, -0.05) is 73.8 Å². The number of alkyl carbamates (subject to hydrolysis) is 1. The number of hydrogen-bond acceptors (Lipinski definition) is 9. The van der Waals surface area contributed by atoms with Gasteiger partial charge in [-0.15, -0.1) is 0 Å². The topological polar surface area (TPSA) is 173 Å². The van der Waals surface area contributed by atoms with Crippen molar-refractivity contribution in [3.05, 3.63) is 48.0 Å². The first-order valence-electron chi connectivity index (χ1n) is 18.7. The van der Waals surface area contributed by atoms with Gasteiger partial charge in [-0.3, -0.25) is 19.1 Å². The summed E-state index contributed by atoms with van der Waals surface area (Å²) in [6, 6.07) is 7.66. The van der Waals surface area contributed by atoms with E-state index in [0.29, 0.717) is 32.1 Å². The maximum Gasteiger partial charge on any atom is 0.408 e. The Hall–Kier alpha value is -3.94. The van der Waals surface area contributed by atoms with Gasteiger partial charge in [0.05, 0.1) is 17.5 Å². The van der Waals surface area contributed by atoms with Crippen LogP contribution in [0.25, 0.3) is 0 Å². The number of hydrogen-bond donors (Lipinski definition) is 3. The molecule has 3 N–H and O–H groups in total. The first kappa shape index (κ1) is 36.8. The van der Waals surface area contributed by atoms with Crippen LogP contribution in [0, 0.1) is 5.92 Å². The standard InChI is InChI=1S/C37H51N5O8S/c1-2-13-30(25-14-7-6-8-15-25)40-50-28-22-32-33(43)39-37(35(45)41-51(47,48)29-20-21-29)23-26(37)16-9-4-3-5-10-19-31(34(44)42(32)24-28)38-36(46)49-27-17-11-12-18-27/h6-9,14-16,26-29,31-32H,2-5,10-13,17-24H2,1H3,(H,38,46)(H,39,43)(H,41,45)/b16-9-,40-30+/t26-,28-,31+,32+,37?/m1/s1. The van der Waals surface area contributed by atoms with Crippen molar-refractivity contribution in [2.45, 2.75) is 138 Å². The van der Waals surface area contributed by atoms with Crippen LogP contribution in [0.4, 0.5) is 4.79 Å². The predicted octanol–water partition coefficient (Wildman–Crippen LogP) is 4.22. The van der Waals surface area contributed by atoms with Crippen molar-refractivity contribution >= 4 is 39.5 Å². The average Bonchev–Trinajstić information content (AvgIpc) is 3.98. The van der Waals surface area contributed by atoms with Crippen LogP contribution < -0.4 is 15.4 Å². The summed E-state index contributed by atoms with van der Waals surface area (Å²) in [5.41, 5.74) is 0.187. The van der Waals surface area contributed by atoms with Crippen LogP contribution in [0.15, 0.2) is 47.6 Å². The summed E-state index contributed by atoms with van der Waals surface area (Å²) in [6.07, 6.45) is 12.0. The number of nitrogens with one attached hydrogen (secondary N) is 3. The molecule has 4 fully saturated rings. The number of carbonyl (C=O) groups is 4. The van der Waals surface area contributed by atoms with Gasteiger partial charge in [0.1, 0.15) is 29.8 Å². The zero-order valence-electron chi connectivity index (χ0n) is 29.4. The van der Waals surface area contributed by atoms with Gasteiger partial charge in [-0.25, -0.2) is 13.2 Å². The Morgan fingerprint density at radius 3 is 2.47 bits per heavy atom. The third kappa shape index (κ3) is 9.11. The Kier molecular flexibility index (Phi) is 11.7. The second kappa shape index (κ2) is 16.2. The van der Waals surface area contributed by atoms with Crippen LogP contribution >= 0.6 is 0 Å². The molecule has 5 aliphatic rings. The van der Waals surface area contributed by atoms with E-state index in [2.05, 4.69) is 20.5 Å². The minimum atomic E-state index is -3.86. The highest BCUT2D eigenvalue weighted by Crippen LogP contribution is 2.46. The lowest BCUT2D eigenvalue weighted by Crippen LogP contribution is -2.58. The second-order valence-electron chi connectivity index (χ2n) is 14.6. The lowest BCUT2D eigenvalue weighted by Gasteiger charge is -2.30. The molecule has 3 saturated carbocycles. The maximum atomic E-state index is 14.4. The summed E-state index contributed by atoms with van der Waals surface area (Å²) in [6.45, 7) is 2.07. The van der Waals surface area contributed by atoms with Crippen LogP contribution in [0.3, 0.4) is 0 Å². The van der Waals surface area contributed by atoms with Gasteiger partial charge in [0.15, 0.2) is 0 Å². The number of fused-ring (bicyclic) bond motifs is 2. The van der Waals surface area contributed by atoms with Crippen LogP contribution in [0.1, 0.15) is 109 Å². The first-order chi connectivity index (χ1) is 24.6. The molecule has 3 aliphatic carbocycles. The van der Waals surface area contributed by atoms with Crippen LogP contribution in [0.5, 0.6) is 0 Å². The second-order valence-corrected chi connectivity index (χ2v) is 16.6. The van der Waals surface area contributed by atoms with E-state index in [4.69, 9.17) is 9.57 Å². The highest BCUT2D eigenvalue weighted by atomic mass is 32.2. The van der Waals surface area contributed by atoms with E-state index in [9.17, 15) is 27.6 Å². The SMILES string of the molecule is CCC/C(=N\O[C@@H]1C[C@H]2C(=O)NC3(C(=O)NS(=O)(=O)C4CC4)C[C@H]3/C=C\CCCCC[C@H](NC(=O)OC3CCCC3)C(=O)N2C1)c1ccccc1. The van der Waals surface area contributed by atoms with E-state index in [1.165, 1.54) is 4.90 Å². The number of amides is 4. The van der Waals surface area contributed by atoms with Crippen molar-refractivity contribution in [3.8, 4) is 0 Å². The number of benzene rings is 1. The minimum Gasteiger partial charge on any atom is -0.446 e. The molecule has 0 bridgehead atoms. The molecular weight excluding hydrogens is 675 g/mol. The molecule has 278 valence electrons. The van der Waals surface area contributed by atoms with Gasteiger partial charge < -0.3 is 25.1 Å². The highest BCUT2D eigenvalue weighted by Gasteiger charge is 2.62. The molecule has 6 rings (SSSR count). The molecule has 2 aliphatic heterocycles. The Bertz CT molecular complexity index is 1610. The number of rotatable bonds is 10. The van der Waals surface area contributed by atoms with E-state index in [1.807, 2.05) is 49.4 Å². The van der Waals surface area contributed by atoms with E-state index in [1.54, 1.807) is 0 Å². The molecule has 13 nitrogen and oxygen atoms in total. The number of ether oxygens (including phenoxy) is 1. The number of nitrogens with zero attached hydrogens (tertiary/aromatic N) is 2. The number of oxime groups is 1. The molecule has 0 aromatic heterocycles. The Labute approximate surface area is 300 Å². The molecule has 1 aromatic rings. The summed E-state index contributed by atoms with van der Waals surface area (Å²) >= 11 is 0. The molecule has 1 aromatic carbocycles. The van der Waals surface area contributed by atoms with Gasteiger partial charge in [0, 0.05) is 12.3 Å². The summed E-state index contributed by atoms with van der Waals surface area (Å²) in [5, 5.41) is 9.57. The van der Waals surface area contributed by atoms with Gasteiger partial charge in [-0.05, 0) is 76.2 Å². The highest BCUT2D eigenvalue weighted by molar-refractivity contribution is 7.91. The molecule has 1 saturated heterocycles. The molecule has 14 heteroatoms. The maximum absolute atomic E-state index is 14.4. The largest absolute Gasteiger partial charge is 0.446 e. The fraction of sp³-hybridized carbons (Fsp3) is 0.649. The van der Waals surface area contributed by atoms with Crippen LogP contribution in [0.2, 0.25) is 0 Å². The third-order valence-corrected chi connectivity index (χ3v) is 12.4. The van der Waals surface area contributed by atoms with E-state index in [-0.39, 0.29) is 25.5 Å². The summed E-state index contributed by atoms with van der Waals surface area (Å²) in [4.78, 5) is 62.8. The fourth-order valence-corrected chi connectivity index (χ4v) is 8.78. The first-order valence-corrected chi connectivity index (χ1v) is 20.2. The number of carbonyl (C=O) groups excluding carboxylic acids is 4. The smallest absolute Gasteiger partial charge is 0.408 e. The third-order valence-electron chi connectivity index (χ3n) is 10.6. The molecule has 0 radical (unpaired) electrons. The summed E-state index contributed by atoms with van der Waals surface area (Å²) in [7, 11) is -3.86. The summed E-state index contributed by atoms with van der Waals surface area (Å²) < 4.78 is 33.4. The zero-order chi connectivity index (χ0) is 36.0. The van der Waals surface area contributed by atoms with Crippen molar-refractivity contribution in [1.29, 1.82) is 0 Å². The molecular formula is C37H51N5O8S. The van der Waals surface area contributed by atoms with E-state index < -0.39 is 68.7 Å². The molecule has 4 amide bonds. The van der Waals surface area contributed by atoms with Crippen molar-refractivity contribution in [3.63, 3.8) is 0 Å². The number of allylic oxidation sites excluding steroid dienone is 1. The van der Waals surface area contributed by atoms with E-state index in [0.717, 1.165) is 62.6 Å². The zero-order valence-corrected chi connectivity index (χ0v) is 30.2. The van der Waals surface area contributed by atoms with Crippen LogP contribution in [-0.4, -0.2) is 84.5 Å². The molecule has 51 heavy (non-hydrogen) atoms. The molecule has 5 atom stereocenters. The normalized spacial score (nSPS) is 29.8. The quantitative estimate of drug-likeness (QED) is 0.183. The monoisotopic (exact) mass is 725 g/mol. The number of sulfonamides is 1. The van der Waals surface area contributed by atoms with Gasteiger partial charge >= 0.3 is 6.09 Å². The van der Waals surface area contributed by atoms with Crippen LogP contribution in [-0.2, 0) is 34.0 Å². The van der Waals surface area contributed by atoms with Gasteiger partial charge in [0.2, 0.25) is 21.8 Å². The molecule has 1 unspecified atom stereocenters. The molecule has 0 spiro atoms. The predicted molar refractivity (Wildman–Crippen MR) is 190 cm³/mol. The average molecular weight is 726 g/mol. The Morgan fingerprint density at radius 1 is 1.00 bits per heavy atom. The Morgan fingerprint density at radius 2 is 1.75 bits per heavy atom. The van der Waals surface area contributed by atoms with Gasteiger partial charge in [-0.2, -0.15) is 0 Å². The van der Waals surface area contributed by atoms with Crippen molar-refractivity contribution in [1.82, 2.24) is 20.3 Å². The lowest BCUT2D eigenvalue weighted by molar-refractivity contribution is -0.141. The Balaban J connectivity index is 1.26. The van der Waals surface area contributed by atoms with Crippen molar-refractivity contribution in [2.75, 3.05) is 6.54 Å². The van der Waals surface area contributed by atoms with Gasteiger partial charge in [0.25, 0.3) is 5.91 Å².